The smallest absolute Gasteiger partial charge is 0.312 e. The molecule has 1 aromatic carbocycles. The zero-order chi connectivity index (χ0) is 20.6. The van der Waals surface area contributed by atoms with Gasteiger partial charge in [0.05, 0.1) is 12.0 Å². The number of thiocarbonyl (C=S) groups is 1. The summed E-state index contributed by atoms with van der Waals surface area (Å²) in [7, 11) is 0. The summed E-state index contributed by atoms with van der Waals surface area (Å²) in [4.78, 5) is 39.7. The fourth-order valence-corrected chi connectivity index (χ4v) is 4.97. The van der Waals surface area contributed by atoms with Crippen LogP contribution < -0.4 is 21.7 Å². The number of fused-ring (bicyclic) bond motifs is 1. The normalized spacial score (nSPS) is 26.1. The van der Waals surface area contributed by atoms with Crippen LogP contribution in [0.15, 0.2) is 24.3 Å². The third-order valence-electron chi connectivity index (χ3n) is 4.86. The van der Waals surface area contributed by atoms with Gasteiger partial charge in [-0.25, -0.2) is 0 Å². The molecule has 0 aliphatic carbocycles. The van der Waals surface area contributed by atoms with E-state index in [1.807, 2.05) is 0 Å². The van der Waals surface area contributed by atoms with Crippen LogP contribution in [0.1, 0.15) is 6.92 Å². The molecule has 28 heavy (non-hydrogen) atoms. The minimum absolute atomic E-state index is 0.118. The van der Waals surface area contributed by atoms with E-state index in [2.05, 4.69) is 5.32 Å². The predicted octanol–water partition coefficient (Wildman–Crippen LogP) is 0.00840. The molecule has 2 unspecified atom stereocenters. The summed E-state index contributed by atoms with van der Waals surface area (Å²) in [5.74, 6) is -1.25. The molecule has 2 aliphatic rings. The van der Waals surface area contributed by atoms with Gasteiger partial charge in [-0.1, -0.05) is 0 Å². The lowest BCUT2D eigenvalue weighted by atomic mass is 9.89. The maximum Gasteiger partial charge on any atom is 0.312 e. The van der Waals surface area contributed by atoms with Crippen molar-refractivity contribution in [3.63, 3.8) is 0 Å². The summed E-state index contributed by atoms with van der Waals surface area (Å²) in [6, 6.07) is 6.04. The van der Waals surface area contributed by atoms with Crippen LogP contribution in [-0.2, 0) is 14.4 Å². The van der Waals surface area contributed by atoms with Crippen LogP contribution in [0.25, 0.3) is 0 Å². The van der Waals surface area contributed by atoms with Crippen LogP contribution in [0.2, 0.25) is 0 Å². The Hall–Kier alpha value is -2.37. The first kappa shape index (κ1) is 20.4. The monoisotopic (exact) mass is 423 g/mol. The highest BCUT2D eigenvalue weighted by molar-refractivity contribution is 8.00. The van der Waals surface area contributed by atoms with Crippen molar-refractivity contribution in [3.05, 3.63) is 24.3 Å². The molecule has 0 aromatic heterocycles. The third-order valence-corrected chi connectivity index (χ3v) is 6.62. The zero-order valence-corrected chi connectivity index (χ0v) is 16.8. The molecule has 2 amide bonds. The van der Waals surface area contributed by atoms with E-state index in [4.69, 9.17) is 23.7 Å². The number of thioether (sulfide) groups is 1. The minimum atomic E-state index is -1.00. The van der Waals surface area contributed by atoms with Crippen LogP contribution in [0.3, 0.4) is 0 Å². The SMILES string of the molecule is CC1(C(=O)O)CS[C@@H]2C(N(C(=O)CN)c3ccc(NC(N)=S)cc3)C(=O)N2C1. The average molecular weight is 424 g/mol. The topological polar surface area (TPSA) is 142 Å². The fraction of sp³-hybridized carbons (Fsp3) is 0.412. The molecule has 6 N–H and O–H groups in total. The van der Waals surface area contributed by atoms with Gasteiger partial charge >= 0.3 is 5.97 Å². The molecule has 9 nitrogen and oxygen atoms in total. The number of hydrogen-bond acceptors (Lipinski definition) is 6. The van der Waals surface area contributed by atoms with Gasteiger partial charge in [0.1, 0.15) is 11.4 Å². The molecule has 0 radical (unpaired) electrons. The van der Waals surface area contributed by atoms with Crippen molar-refractivity contribution >= 4 is 58.3 Å². The van der Waals surface area contributed by atoms with Crippen LogP contribution in [-0.4, -0.2) is 63.2 Å². The molecule has 3 rings (SSSR count). The van der Waals surface area contributed by atoms with Crippen molar-refractivity contribution in [3.8, 4) is 0 Å². The first-order chi connectivity index (χ1) is 13.2. The van der Waals surface area contributed by atoms with Crippen LogP contribution in [0.5, 0.6) is 0 Å². The molecule has 0 spiro atoms. The Balaban J connectivity index is 1.84. The first-order valence-corrected chi connectivity index (χ1v) is 9.98. The Morgan fingerprint density at radius 1 is 1.43 bits per heavy atom. The molecule has 3 atom stereocenters. The standard InChI is InChI=1S/C17H21N5O4S2/c1-17(15(25)26)7-21-13(24)12(14(21)28-8-17)22(11(23)6-18)10-4-2-9(3-5-10)20-16(19)27/h2-5,12,14H,6-8,18H2,1H3,(H,25,26)(H3,19,20,27)/t12?,14-,17?/m1/s1. The van der Waals surface area contributed by atoms with Gasteiger partial charge in [0.25, 0.3) is 0 Å². The van der Waals surface area contributed by atoms with Crippen molar-refractivity contribution in [1.29, 1.82) is 0 Å². The molecule has 2 aliphatic heterocycles. The highest BCUT2D eigenvalue weighted by Crippen LogP contribution is 2.44. The lowest BCUT2D eigenvalue weighted by Gasteiger charge is -2.55. The number of aliphatic carboxylic acids is 1. The highest BCUT2D eigenvalue weighted by Gasteiger charge is 2.58. The van der Waals surface area contributed by atoms with Gasteiger partial charge in [-0.2, -0.15) is 0 Å². The number of anilines is 2. The maximum atomic E-state index is 12.8. The number of amides is 2. The predicted molar refractivity (Wildman–Crippen MR) is 111 cm³/mol. The van der Waals surface area contributed by atoms with E-state index in [0.29, 0.717) is 17.1 Å². The lowest BCUT2D eigenvalue weighted by Crippen LogP contribution is -2.74. The average Bonchev–Trinajstić information content (AvgIpc) is 2.66. The van der Waals surface area contributed by atoms with Gasteiger partial charge in [0, 0.05) is 23.7 Å². The number of hydrogen-bond donors (Lipinski definition) is 4. The maximum absolute atomic E-state index is 12.8. The van der Waals surface area contributed by atoms with E-state index in [9.17, 15) is 19.5 Å². The Morgan fingerprint density at radius 3 is 2.61 bits per heavy atom. The molecule has 2 fully saturated rings. The number of nitrogens with two attached hydrogens (primary N) is 2. The lowest BCUT2D eigenvalue weighted by molar-refractivity contribution is -0.156. The summed E-state index contributed by atoms with van der Waals surface area (Å²) >= 11 is 6.16. The second kappa shape index (κ2) is 7.57. The highest BCUT2D eigenvalue weighted by atomic mass is 32.2. The fourth-order valence-electron chi connectivity index (χ4n) is 3.32. The van der Waals surface area contributed by atoms with Crippen LogP contribution >= 0.6 is 24.0 Å². The molecule has 0 bridgehead atoms. The first-order valence-electron chi connectivity index (χ1n) is 8.52. The Labute approximate surface area is 171 Å². The largest absolute Gasteiger partial charge is 0.481 e. The zero-order valence-electron chi connectivity index (χ0n) is 15.1. The molecular weight excluding hydrogens is 402 g/mol. The van der Waals surface area contributed by atoms with Gasteiger partial charge < -0.3 is 26.8 Å². The molecule has 11 heteroatoms. The van der Waals surface area contributed by atoms with Gasteiger partial charge in [-0.15, -0.1) is 11.8 Å². The van der Waals surface area contributed by atoms with Crippen LogP contribution in [0, 0.1) is 5.41 Å². The molecular formula is C17H21N5O4S2. The van der Waals surface area contributed by atoms with Crippen molar-refractivity contribution in [2.75, 3.05) is 29.1 Å². The molecule has 2 saturated heterocycles. The number of nitrogens with one attached hydrogen (secondary N) is 1. The number of carbonyl (C=O) groups excluding carboxylic acids is 2. The summed E-state index contributed by atoms with van der Waals surface area (Å²) in [5, 5.41) is 12.0. The van der Waals surface area contributed by atoms with Gasteiger partial charge in [0.15, 0.2) is 5.11 Å². The second-order valence-corrected chi connectivity index (χ2v) is 8.53. The summed E-state index contributed by atoms with van der Waals surface area (Å²) in [6.45, 7) is 1.49. The summed E-state index contributed by atoms with van der Waals surface area (Å²) in [5.41, 5.74) is 11.2. The number of β-lactam (4-membered cyclic amide) rings is 1. The number of nitrogens with zero attached hydrogens (tertiary/aromatic N) is 2. The number of carboxylic acid groups (broad SMARTS) is 1. The van der Waals surface area contributed by atoms with E-state index in [0.717, 1.165) is 0 Å². The van der Waals surface area contributed by atoms with E-state index in [1.54, 1.807) is 31.2 Å². The Kier molecular flexibility index (Phi) is 5.50. The number of carbonyl (C=O) groups is 3. The number of carboxylic acids is 1. The Morgan fingerprint density at radius 2 is 2.07 bits per heavy atom. The van der Waals surface area contributed by atoms with E-state index < -0.39 is 17.4 Å². The Bertz CT molecular complexity index is 833. The summed E-state index contributed by atoms with van der Waals surface area (Å²) < 4.78 is 0. The minimum Gasteiger partial charge on any atom is -0.481 e. The summed E-state index contributed by atoms with van der Waals surface area (Å²) in [6.07, 6.45) is 0. The molecule has 2 heterocycles. The number of rotatable bonds is 5. The van der Waals surface area contributed by atoms with Crippen LogP contribution in [0.4, 0.5) is 11.4 Å². The van der Waals surface area contributed by atoms with E-state index in [1.165, 1.54) is 21.6 Å². The number of benzene rings is 1. The molecule has 0 saturated carbocycles. The quantitative estimate of drug-likeness (QED) is 0.380. The van der Waals surface area contributed by atoms with Crippen molar-refractivity contribution in [2.45, 2.75) is 18.3 Å². The van der Waals surface area contributed by atoms with E-state index >= 15 is 0 Å². The van der Waals surface area contributed by atoms with Gasteiger partial charge in [-0.05, 0) is 43.4 Å². The van der Waals surface area contributed by atoms with Crippen molar-refractivity contribution in [2.24, 2.45) is 16.9 Å². The van der Waals surface area contributed by atoms with Gasteiger partial charge in [-0.3, -0.25) is 19.3 Å². The molecule has 1 aromatic rings. The van der Waals surface area contributed by atoms with Crippen molar-refractivity contribution < 1.29 is 19.5 Å². The van der Waals surface area contributed by atoms with Gasteiger partial charge in [0.2, 0.25) is 11.8 Å². The molecule has 150 valence electrons. The second-order valence-electron chi connectivity index (χ2n) is 6.98. The van der Waals surface area contributed by atoms with Crippen molar-refractivity contribution in [1.82, 2.24) is 4.90 Å². The third kappa shape index (κ3) is 3.52. The van der Waals surface area contributed by atoms with E-state index in [-0.39, 0.29) is 35.4 Å².